The number of carbonyl (C=O) groups excluding carboxylic acids is 1. The first-order valence-electron chi connectivity index (χ1n) is 9.69. The van der Waals surface area contributed by atoms with Gasteiger partial charge in [0.05, 0.1) is 19.0 Å². The third kappa shape index (κ3) is 5.16. The van der Waals surface area contributed by atoms with Crippen LogP contribution in [0.3, 0.4) is 0 Å². The molecule has 1 aromatic carbocycles. The van der Waals surface area contributed by atoms with Gasteiger partial charge in [0.15, 0.2) is 0 Å². The van der Waals surface area contributed by atoms with E-state index in [1.807, 2.05) is 25.4 Å². The van der Waals surface area contributed by atoms with Gasteiger partial charge in [0.2, 0.25) is 5.88 Å². The van der Waals surface area contributed by atoms with Crippen molar-refractivity contribution in [1.29, 1.82) is 0 Å². The van der Waals surface area contributed by atoms with E-state index in [1.54, 1.807) is 7.11 Å². The van der Waals surface area contributed by atoms with Gasteiger partial charge in [-0.2, -0.15) is 0 Å². The fraction of sp³-hybridized carbons (Fsp3) is 0.409. The molecule has 5 heteroatoms. The molecular weight excluding hydrogens is 338 g/mol. The second-order valence-corrected chi connectivity index (χ2v) is 6.84. The Morgan fingerprint density at radius 3 is 2.70 bits per heavy atom. The van der Waals surface area contributed by atoms with E-state index in [9.17, 15) is 4.79 Å². The number of hydrogen-bond acceptors (Lipinski definition) is 4. The maximum atomic E-state index is 11.3. The van der Waals surface area contributed by atoms with Crippen LogP contribution in [0.25, 0.3) is 22.0 Å². The molecule has 5 nitrogen and oxygen atoms in total. The van der Waals surface area contributed by atoms with Crippen molar-refractivity contribution < 1.29 is 9.53 Å². The van der Waals surface area contributed by atoms with Gasteiger partial charge >= 0.3 is 0 Å². The summed E-state index contributed by atoms with van der Waals surface area (Å²) in [5.41, 5.74) is 2.13. The van der Waals surface area contributed by atoms with Gasteiger partial charge in [0.1, 0.15) is 11.6 Å². The third-order valence-electron chi connectivity index (χ3n) is 4.86. The minimum atomic E-state index is 0.370. The summed E-state index contributed by atoms with van der Waals surface area (Å²) >= 11 is 0. The average Bonchev–Trinajstić information content (AvgIpc) is 3.18. The van der Waals surface area contributed by atoms with E-state index in [2.05, 4.69) is 33.2 Å². The highest BCUT2D eigenvalue weighted by molar-refractivity contribution is 5.86. The van der Waals surface area contributed by atoms with Crippen LogP contribution in [0.4, 0.5) is 0 Å². The van der Waals surface area contributed by atoms with Gasteiger partial charge in [-0.25, -0.2) is 9.97 Å². The summed E-state index contributed by atoms with van der Waals surface area (Å²) < 4.78 is 5.21. The van der Waals surface area contributed by atoms with Crippen molar-refractivity contribution >= 4 is 16.6 Å². The van der Waals surface area contributed by atoms with Gasteiger partial charge in [-0.3, -0.25) is 4.79 Å². The van der Waals surface area contributed by atoms with Crippen LogP contribution >= 0.6 is 0 Å². The molecule has 0 aliphatic carbocycles. The minimum absolute atomic E-state index is 0.370. The predicted octanol–water partition coefficient (Wildman–Crippen LogP) is 5.11. The first-order valence-corrected chi connectivity index (χ1v) is 9.69. The zero-order valence-electron chi connectivity index (χ0n) is 16.1. The molecule has 2 aromatic heterocycles. The van der Waals surface area contributed by atoms with Crippen LogP contribution in [0.15, 0.2) is 36.7 Å². The highest BCUT2D eigenvalue weighted by Gasteiger charge is 2.06. The molecule has 0 atom stereocenters. The number of ether oxygens (including phenoxy) is 1. The number of fused-ring (bicyclic) bond motifs is 1. The number of H-pyrrole nitrogens is 1. The standard InChI is InChI=1S/C22H27N3O2/c1-3-19(26)8-6-4-5-7-9-21-23-15-20(25-21)16-10-11-17-14-24-22(27-2)13-18(17)12-16/h10-15H,3-9H2,1-2H3,(H,23,25). The van der Waals surface area contributed by atoms with Gasteiger partial charge in [-0.05, 0) is 24.3 Å². The number of nitrogens with one attached hydrogen (secondary N) is 1. The largest absolute Gasteiger partial charge is 0.481 e. The molecule has 0 fully saturated rings. The van der Waals surface area contributed by atoms with Crippen molar-refractivity contribution in [2.24, 2.45) is 0 Å². The fourth-order valence-electron chi connectivity index (χ4n) is 3.18. The Morgan fingerprint density at radius 1 is 1.04 bits per heavy atom. The first-order chi connectivity index (χ1) is 13.2. The Labute approximate surface area is 160 Å². The van der Waals surface area contributed by atoms with Crippen molar-refractivity contribution in [3.63, 3.8) is 0 Å². The number of aromatic nitrogens is 3. The van der Waals surface area contributed by atoms with Gasteiger partial charge < -0.3 is 9.72 Å². The summed E-state index contributed by atoms with van der Waals surface area (Å²) in [4.78, 5) is 23.5. The van der Waals surface area contributed by atoms with Crippen molar-refractivity contribution in [2.45, 2.75) is 51.9 Å². The van der Waals surface area contributed by atoms with E-state index in [0.29, 0.717) is 18.1 Å². The molecule has 3 aromatic rings. The van der Waals surface area contributed by atoms with Crippen LogP contribution in [0.1, 0.15) is 51.3 Å². The summed E-state index contributed by atoms with van der Waals surface area (Å²) in [6.07, 6.45) is 10.4. The Bertz CT molecular complexity index is 901. The molecular formula is C22H27N3O2. The zero-order valence-corrected chi connectivity index (χ0v) is 16.1. The fourth-order valence-corrected chi connectivity index (χ4v) is 3.18. The van der Waals surface area contributed by atoms with Gasteiger partial charge in [0, 0.05) is 42.5 Å². The molecule has 0 aliphatic rings. The van der Waals surface area contributed by atoms with Crippen molar-refractivity contribution in [2.75, 3.05) is 7.11 Å². The third-order valence-corrected chi connectivity index (χ3v) is 4.86. The molecule has 3 rings (SSSR count). The molecule has 0 bridgehead atoms. The molecule has 0 saturated carbocycles. The van der Waals surface area contributed by atoms with Crippen molar-refractivity contribution in [3.8, 4) is 17.1 Å². The summed E-state index contributed by atoms with van der Waals surface area (Å²) in [7, 11) is 1.63. The second kappa shape index (κ2) is 9.31. The van der Waals surface area contributed by atoms with E-state index in [4.69, 9.17) is 4.74 Å². The molecule has 0 radical (unpaired) electrons. The number of aromatic amines is 1. The van der Waals surface area contributed by atoms with Gasteiger partial charge in [-0.1, -0.05) is 31.9 Å². The maximum Gasteiger partial charge on any atom is 0.213 e. The predicted molar refractivity (Wildman–Crippen MR) is 108 cm³/mol. The molecule has 1 N–H and O–H groups in total. The normalized spacial score (nSPS) is 11.0. The van der Waals surface area contributed by atoms with Crippen LogP contribution in [0, 0.1) is 0 Å². The van der Waals surface area contributed by atoms with E-state index >= 15 is 0 Å². The Kier molecular flexibility index (Phi) is 6.58. The molecule has 27 heavy (non-hydrogen) atoms. The quantitative estimate of drug-likeness (QED) is 0.507. The monoisotopic (exact) mass is 365 g/mol. The van der Waals surface area contributed by atoms with Crippen LogP contribution in [0.5, 0.6) is 5.88 Å². The first kappa shape index (κ1) is 19.1. The topological polar surface area (TPSA) is 67.9 Å². The average molecular weight is 365 g/mol. The highest BCUT2D eigenvalue weighted by atomic mass is 16.5. The number of rotatable bonds is 10. The molecule has 142 valence electrons. The summed E-state index contributed by atoms with van der Waals surface area (Å²) in [5, 5.41) is 2.18. The number of imidazole rings is 1. The van der Waals surface area contributed by atoms with E-state index in [0.717, 1.165) is 66.4 Å². The Morgan fingerprint density at radius 2 is 1.89 bits per heavy atom. The van der Waals surface area contributed by atoms with Crippen LogP contribution < -0.4 is 4.74 Å². The number of methoxy groups -OCH3 is 1. The molecule has 0 saturated heterocycles. The van der Waals surface area contributed by atoms with Crippen LogP contribution in [-0.4, -0.2) is 27.8 Å². The van der Waals surface area contributed by atoms with Crippen molar-refractivity contribution in [3.05, 3.63) is 42.5 Å². The SMILES string of the molecule is CCC(=O)CCCCCCc1ncc(-c2ccc3cnc(OC)cc3c2)[nH]1. The molecule has 0 amide bonds. The summed E-state index contributed by atoms with van der Waals surface area (Å²) in [6.45, 7) is 1.93. The number of Topliss-reactive ketones (excluding diaryl/α,β-unsaturated/α-hetero) is 1. The lowest BCUT2D eigenvalue weighted by Crippen LogP contribution is -1.94. The van der Waals surface area contributed by atoms with E-state index < -0.39 is 0 Å². The lowest BCUT2D eigenvalue weighted by Gasteiger charge is -2.04. The molecule has 0 spiro atoms. The Balaban J connectivity index is 1.55. The number of unbranched alkanes of at least 4 members (excludes halogenated alkanes) is 3. The molecule has 2 heterocycles. The number of carbonyl (C=O) groups is 1. The highest BCUT2D eigenvalue weighted by Crippen LogP contribution is 2.25. The number of pyridine rings is 1. The lowest BCUT2D eigenvalue weighted by atomic mass is 10.1. The lowest BCUT2D eigenvalue weighted by molar-refractivity contribution is -0.118. The van der Waals surface area contributed by atoms with Crippen molar-refractivity contribution in [1.82, 2.24) is 15.0 Å². The smallest absolute Gasteiger partial charge is 0.213 e. The van der Waals surface area contributed by atoms with E-state index in [-0.39, 0.29) is 0 Å². The molecule has 0 unspecified atom stereocenters. The number of ketones is 1. The van der Waals surface area contributed by atoms with Gasteiger partial charge in [0.25, 0.3) is 0 Å². The summed E-state index contributed by atoms with van der Waals surface area (Å²) in [5.74, 6) is 2.00. The molecule has 0 aliphatic heterocycles. The number of nitrogens with zero attached hydrogens (tertiary/aromatic N) is 2. The maximum absolute atomic E-state index is 11.3. The number of benzene rings is 1. The number of hydrogen-bond donors (Lipinski definition) is 1. The number of aryl methyl sites for hydroxylation is 1. The second-order valence-electron chi connectivity index (χ2n) is 6.84. The minimum Gasteiger partial charge on any atom is -0.481 e. The Hall–Kier alpha value is -2.69. The van der Waals surface area contributed by atoms with Crippen LogP contribution in [-0.2, 0) is 11.2 Å². The van der Waals surface area contributed by atoms with Gasteiger partial charge in [-0.15, -0.1) is 0 Å². The van der Waals surface area contributed by atoms with Crippen LogP contribution in [0.2, 0.25) is 0 Å². The zero-order chi connectivity index (χ0) is 19.1. The van der Waals surface area contributed by atoms with E-state index in [1.165, 1.54) is 0 Å². The summed E-state index contributed by atoms with van der Waals surface area (Å²) in [6, 6.07) is 8.22.